The summed E-state index contributed by atoms with van der Waals surface area (Å²) in [6.07, 6.45) is 0.973. The average molecular weight is 441 g/mol. The van der Waals surface area contributed by atoms with Crippen LogP contribution in [0.5, 0.6) is 0 Å². The zero-order chi connectivity index (χ0) is 21.6. The lowest BCUT2D eigenvalue weighted by molar-refractivity contribution is -0.384. The summed E-state index contributed by atoms with van der Waals surface area (Å²) in [5, 5.41) is 19.4. The van der Waals surface area contributed by atoms with Crippen molar-refractivity contribution in [1.29, 1.82) is 0 Å². The van der Waals surface area contributed by atoms with Gasteiger partial charge >= 0.3 is 0 Å². The van der Waals surface area contributed by atoms with Gasteiger partial charge < -0.3 is 16.0 Å². The van der Waals surface area contributed by atoms with E-state index in [1.165, 1.54) is 30.4 Å². The molecule has 156 valence electrons. The highest BCUT2D eigenvalue weighted by molar-refractivity contribution is 7.90. The molecule has 2 amide bonds. The lowest BCUT2D eigenvalue weighted by Gasteiger charge is -2.09. The van der Waals surface area contributed by atoms with Gasteiger partial charge in [-0.2, -0.15) is 0 Å². The van der Waals surface area contributed by atoms with Crippen molar-refractivity contribution in [2.45, 2.75) is 18.4 Å². The molecule has 2 rings (SSSR count). The van der Waals surface area contributed by atoms with E-state index in [-0.39, 0.29) is 41.2 Å². The van der Waals surface area contributed by atoms with E-state index >= 15 is 0 Å². The molecule has 10 nitrogen and oxygen atoms in total. The van der Waals surface area contributed by atoms with Gasteiger partial charge in [-0.1, -0.05) is 0 Å². The van der Waals surface area contributed by atoms with Gasteiger partial charge in [-0.05, 0) is 24.3 Å². The summed E-state index contributed by atoms with van der Waals surface area (Å²) in [6, 6.07) is 7.01. The molecule has 12 heteroatoms. The van der Waals surface area contributed by atoms with Gasteiger partial charge in [-0.25, -0.2) is 8.42 Å². The molecule has 1 heterocycles. The molecule has 0 bridgehead atoms. The fourth-order valence-corrected chi connectivity index (χ4v) is 3.81. The van der Waals surface area contributed by atoms with Gasteiger partial charge in [-0.3, -0.25) is 19.7 Å². The minimum atomic E-state index is -3.56. The Morgan fingerprint density at radius 1 is 1.14 bits per heavy atom. The number of amides is 2. The van der Waals surface area contributed by atoms with Crippen LogP contribution in [0.25, 0.3) is 0 Å². The summed E-state index contributed by atoms with van der Waals surface area (Å²) in [6.45, 7) is 2.16. The zero-order valence-corrected chi connectivity index (χ0v) is 17.4. The number of hydrogen-bond donors (Lipinski definition) is 3. The lowest BCUT2D eigenvalue weighted by atomic mass is 10.2. The van der Waals surface area contributed by atoms with Crippen molar-refractivity contribution in [1.82, 2.24) is 10.6 Å². The van der Waals surface area contributed by atoms with E-state index in [0.29, 0.717) is 11.4 Å². The molecule has 1 aromatic heterocycles. The van der Waals surface area contributed by atoms with Gasteiger partial charge in [0.1, 0.15) is 5.69 Å². The molecule has 0 aliphatic rings. The molecule has 0 aliphatic carbocycles. The van der Waals surface area contributed by atoms with Crippen molar-refractivity contribution < 1.29 is 22.9 Å². The number of nitro benzene ring substituents is 1. The first kappa shape index (κ1) is 22.3. The number of nitrogens with one attached hydrogen (secondary N) is 3. The van der Waals surface area contributed by atoms with Gasteiger partial charge in [0.05, 0.1) is 21.2 Å². The number of benzene rings is 1. The minimum Gasteiger partial charge on any atom is -0.378 e. The van der Waals surface area contributed by atoms with Crippen molar-refractivity contribution in [3.63, 3.8) is 0 Å². The van der Waals surface area contributed by atoms with Crippen LogP contribution < -0.4 is 16.0 Å². The smallest absolute Gasteiger partial charge is 0.293 e. The first-order valence-corrected chi connectivity index (χ1v) is 11.1. The number of carbonyl (C=O) groups is 2. The number of carbonyl (C=O) groups excluding carboxylic acids is 2. The molecule has 3 N–H and O–H groups in total. The summed E-state index contributed by atoms with van der Waals surface area (Å²) in [4.78, 5) is 34.8. The molecular formula is C17H20N4O6S2. The Hall–Kier alpha value is -2.99. The summed E-state index contributed by atoms with van der Waals surface area (Å²) >= 11 is 1.25. The van der Waals surface area contributed by atoms with Crippen molar-refractivity contribution in [3.8, 4) is 0 Å². The first-order chi connectivity index (χ1) is 13.6. The fraction of sp³-hybridized carbons (Fsp3) is 0.294. The highest BCUT2D eigenvalue weighted by Crippen LogP contribution is 2.27. The van der Waals surface area contributed by atoms with Crippen LogP contribution in [-0.2, 0) is 21.2 Å². The third-order valence-corrected chi connectivity index (χ3v) is 5.91. The molecule has 0 saturated carbocycles. The highest BCUT2D eigenvalue weighted by atomic mass is 32.2. The van der Waals surface area contributed by atoms with E-state index in [2.05, 4.69) is 16.0 Å². The SMILES string of the molecule is CC(=O)NCc1ccc(C(=O)NCCNc2ccc(S(C)(=O)=O)cc2[N+](=O)[O-])s1. The van der Waals surface area contributed by atoms with E-state index in [1.54, 1.807) is 12.1 Å². The Labute approximate surface area is 171 Å². The molecule has 1 aromatic carbocycles. The number of nitro groups is 1. The zero-order valence-electron chi connectivity index (χ0n) is 15.7. The topological polar surface area (TPSA) is 148 Å². The summed E-state index contributed by atoms with van der Waals surface area (Å²) in [5.74, 6) is -0.457. The second kappa shape index (κ2) is 9.47. The maximum atomic E-state index is 12.1. The fourth-order valence-electron chi connectivity index (χ4n) is 2.31. The molecule has 0 unspecified atom stereocenters. The Morgan fingerprint density at radius 3 is 2.48 bits per heavy atom. The summed E-state index contributed by atoms with van der Waals surface area (Å²) in [7, 11) is -3.56. The molecule has 0 spiro atoms. The maximum Gasteiger partial charge on any atom is 0.293 e. The predicted molar refractivity (Wildman–Crippen MR) is 109 cm³/mol. The van der Waals surface area contributed by atoms with Crippen LogP contribution in [0.3, 0.4) is 0 Å². The van der Waals surface area contributed by atoms with Gasteiger partial charge in [0.15, 0.2) is 9.84 Å². The number of nitrogens with zero attached hydrogens (tertiary/aromatic N) is 1. The Morgan fingerprint density at radius 2 is 1.86 bits per heavy atom. The van der Waals surface area contributed by atoms with E-state index in [0.717, 1.165) is 17.2 Å². The third kappa shape index (κ3) is 6.54. The number of hydrogen-bond acceptors (Lipinski definition) is 8. The van der Waals surface area contributed by atoms with Crippen LogP contribution in [-0.4, -0.2) is 44.5 Å². The second-order valence-corrected chi connectivity index (χ2v) is 9.25. The number of sulfone groups is 1. The van der Waals surface area contributed by atoms with Crippen molar-refractivity contribution >= 4 is 44.4 Å². The average Bonchev–Trinajstić information content (AvgIpc) is 3.11. The van der Waals surface area contributed by atoms with Crippen molar-refractivity contribution in [2.24, 2.45) is 0 Å². The van der Waals surface area contributed by atoms with Crippen LogP contribution >= 0.6 is 11.3 Å². The summed E-state index contributed by atoms with van der Waals surface area (Å²) in [5.41, 5.74) is -0.203. The van der Waals surface area contributed by atoms with Crippen LogP contribution in [0.15, 0.2) is 35.2 Å². The largest absolute Gasteiger partial charge is 0.378 e. The second-order valence-electron chi connectivity index (χ2n) is 6.07. The molecule has 29 heavy (non-hydrogen) atoms. The molecule has 0 fully saturated rings. The monoisotopic (exact) mass is 440 g/mol. The number of rotatable bonds is 9. The molecule has 0 saturated heterocycles. The van der Waals surface area contributed by atoms with Gasteiger partial charge in [0.2, 0.25) is 5.91 Å². The molecule has 0 radical (unpaired) electrons. The third-order valence-electron chi connectivity index (χ3n) is 3.72. The molecule has 0 aliphatic heterocycles. The quantitative estimate of drug-likeness (QED) is 0.304. The molecule has 0 atom stereocenters. The lowest BCUT2D eigenvalue weighted by Crippen LogP contribution is -2.28. The standard InChI is InChI=1S/C17H20N4O6S2/c1-11(22)20-10-12-3-6-16(28-12)17(23)19-8-7-18-14-5-4-13(29(2,26)27)9-15(14)21(24)25/h3-6,9,18H,7-8,10H2,1-2H3,(H,19,23)(H,20,22). The van der Waals surface area contributed by atoms with E-state index in [4.69, 9.17) is 0 Å². The van der Waals surface area contributed by atoms with Gasteiger partial charge in [-0.15, -0.1) is 11.3 Å². The normalized spacial score (nSPS) is 11.0. The van der Waals surface area contributed by atoms with Crippen LogP contribution in [0.4, 0.5) is 11.4 Å². The Kier molecular flexibility index (Phi) is 7.29. The van der Waals surface area contributed by atoms with Gasteiger partial charge in [0, 0.05) is 37.2 Å². The Bertz CT molecular complexity index is 1030. The molecule has 2 aromatic rings. The van der Waals surface area contributed by atoms with Crippen LogP contribution in [0.2, 0.25) is 0 Å². The first-order valence-electron chi connectivity index (χ1n) is 8.41. The van der Waals surface area contributed by atoms with E-state index in [9.17, 15) is 28.1 Å². The summed E-state index contributed by atoms with van der Waals surface area (Å²) < 4.78 is 23.1. The molecular weight excluding hydrogens is 420 g/mol. The van der Waals surface area contributed by atoms with Crippen LogP contribution in [0, 0.1) is 10.1 Å². The predicted octanol–water partition coefficient (Wildman–Crippen LogP) is 1.54. The van der Waals surface area contributed by atoms with Crippen molar-refractivity contribution in [3.05, 3.63) is 50.2 Å². The number of anilines is 1. The van der Waals surface area contributed by atoms with E-state index in [1.807, 2.05) is 0 Å². The minimum absolute atomic E-state index is 0.143. The van der Waals surface area contributed by atoms with Crippen LogP contribution in [0.1, 0.15) is 21.5 Å². The Balaban J connectivity index is 1.91. The van der Waals surface area contributed by atoms with E-state index < -0.39 is 14.8 Å². The highest BCUT2D eigenvalue weighted by Gasteiger charge is 2.18. The maximum absolute atomic E-state index is 12.1. The number of thiophene rings is 1. The van der Waals surface area contributed by atoms with Crippen molar-refractivity contribution in [2.75, 3.05) is 24.7 Å². The van der Waals surface area contributed by atoms with Gasteiger partial charge in [0.25, 0.3) is 11.6 Å².